The number of aromatic nitrogens is 2. The number of aryl methyl sites for hydroxylation is 4. The van der Waals surface area contributed by atoms with Gasteiger partial charge in [-0.3, -0.25) is 0 Å². The van der Waals surface area contributed by atoms with E-state index in [9.17, 15) is 0 Å². The number of hydrogen-bond donors (Lipinski definition) is 0. The fraction of sp³-hybridized carbons (Fsp3) is 0.200. The molecule has 5 heteroatoms. The molecule has 0 saturated carbocycles. The summed E-state index contributed by atoms with van der Waals surface area (Å²) in [7, 11) is 0. The zero-order valence-electron chi connectivity index (χ0n) is 20.4. The minimum atomic E-state index is -1.03. The molecule has 4 aromatic rings. The summed E-state index contributed by atoms with van der Waals surface area (Å²) in [5.74, 6) is 0. The van der Waals surface area contributed by atoms with Crippen molar-refractivity contribution in [2.45, 2.75) is 34.9 Å². The molecule has 0 fully saturated rings. The summed E-state index contributed by atoms with van der Waals surface area (Å²) < 4.78 is 5.77. The Morgan fingerprint density at radius 2 is 0.886 bits per heavy atom. The van der Waals surface area contributed by atoms with Crippen molar-refractivity contribution >= 4 is 23.5 Å². The van der Waals surface area contributed by atoms with Crippen LogP contribution in [0.1, 0.15) is 51.8 Å². The molecule has 0 spiro atoms. The molecular formula is C30H28Cl2N2Zr. The number of halogens is 2. The number of nitrogens with zero attached hydrogens (tertiary/aromatic N) is 2. The van der Waals surface area contributed by atoms with E-state index in [0.717, 1.165) is 0 Å². The molecule has 6 rings (SSSR count). The van der Waals surface area contributed by atoms with Gasteiger partial charge < -0.3 is 24.8 Å². The van der Waals surface area contributed by atoms with Crippen molar-refractivity contribution in [3.63, 3.8) is 0 Å². The monoisotopic (exact) mass is 576 g/mol. The first kappa shape index (κ1) is 26.0. The molecule has 0 aliphatic heterocycles. The Balaban J connectivity index is 0.00000144. The maximum Gasteiger partial charge on any atom is -1.00 e. The molecule has 0 N–H and O–H groups in total. The molecule has 176 valence electrons. The average Bonchev–Trinajstić information content (AvgIpc) is 3.59. The summed E-state index contributed by atoms with van der Waals surface area (Å²) in [5, 5.41) is 0. The van der Waals surface area contributed by atoms with Gasteiger partial charge >= 0.3 is 209 Å². The van der Waals surface area contributed by atoms with Crippen LogP contribution in [0.4, 0.5) is 0 Å². The van der Waals surface area contributed by atoms with Gasteiger partial charge in [-0.1, -0.05) is 0 Å². The Labute approximate surface area is 232 Å². The molecule has 0 amide bonds. The van der Waals surface area contributed by atoms with Gasteiger partial charge in [0.1, 0.15) is 0 Å². The quantitative estimate of drug-likeness (QED) is 0.347. The summed E-state index contributed by atoms with van der Waals surface area (Å²) >= 11 is -1.03. The number of benzene rings is 2. The zero-order valence-corrected chi connectivity index (χ0v) is 24.4. The van der Waals surface area contributed by atoms with Crippen molar-refractivity contribution in [3.05, 3.63) is 118 Å². The summed E-state index contributed by atoms with van der Waals surface area (Å²) in [6.07, 6.45) is 13.8. The van der Waals surface area contributed by atoms with E-state index in [1.54, 1.807) is 11.1 Å². The maximum atomic E-state index is 2.47. The molecule has 0 saturated heterocycles. The van der Waals surface area contributed by atoms with Crippen LogP contribution >= 0.6 is 0 Å². The first-order chi connectivity index (χ1) is 16.0. The van der Waals surface area contributed by atoms with Crippen LogP contribution in [-0.2, 0) is 23.2 Å². The Hall–Kier alpha value is -2.06. The van der Waals surface area contributed by atoms with E-state index < -0.39 is 23.2 Å². The topological polar surface area (TPSA) is 9.86 Å². The van der Waals surface area contributed by atoms with Crippen LogP contribution in [0.5, 0.6) is 0 Å². The van der Waals surface area contributed by atoms with E-state index in [1.807, 2.05) is 0 Å². The van der Waals surface area contributed by atoms with Gasteiger partial charge in [-0.15, -0.1) is 0 Å². The third kappa shape index (κ3) is 4.27. The van der Waals surface area contributed by atoms with Crippen molar-refractivity contribution in [2.24, 2.45) is 0 Å². The molecule has 2 aromatic carbocycles. The molecular weight excluding hydrogens is 550 g/mol. The van der Waals surface area contributed by atoms with Crippen molar-refractivity contribution in [1.29, 1.82) is 0 Å². The molecule has 2 atom stereocenters. The van der Waals surface area contributed by atoms with Crippen LogP contribution < -0.4 is 24.8 Å². The number of allylic oxidation sites excluding steroid dienone is 2. The normalized spacial score (nSPS) is 17.5. The van der Waals surface area contributed by atoms with Crippen LogP contribution in [0, 0.1) is 27.7 Å². The molecule has 2 aromatic heterocycles. The summed E-state index contributed by atoms with van der Waals surface area (Å²) in [4.78, 5) is 0. The van der Waals surface area contributed by atoms with E-state index in [2.05, 4.69) is 122 Å². The Bertz CT molecular complexity index is 1320. The van der Waals surface area contributed by atoms with Gasteiger partial charge in [0, 0.05) is 0 Å². The van der Waals surface area contributed by atoms with E-state index in [4.69, 9.17) is 0 Å². The summed E-state index contributed by atoms with van der Waals surface area (Å²) in [5.41, 5.74) is 14.6. The van der Waals surface area contributed by atoms with E-state index in [0.29, 0.717) is 7.25 Å². The van der Waals surface area contributed by atoms with Crippen molar-refractivity contribution in [1.82, 2.24) is 9.13 Å². The number of fused-ring (bicyclic) bond motifs is 2. The van der Waals surface area contributed by atoms with Gasteiger partial charge in [0.2, 0.25) is 0 Å². The van der Waals surface area contributed by atoms with Crippen molar-refractivity contribution in [3.8, 4) is 0 Å². The van der Waals surface area contributed by atoms with Gasteiger partial charge in [0.15, 0.2) is 0 Å². The summed E-state index contributed by atoms with van der Waals surface area (Å²) in [6, 6.07) is 17.8. The SMILES string of the molecule is Cc1ccc(C)c2c1C=C(n1cccc1)[CH]2[Zr+2][CH]1C(n2cccc2)=Cc2c(C)ccc(C)c21.[Cl-].[Cl-]. The average molecular weight is 579 g/mol. The minimum absolute atomic E-state index is 0. The van der Waals surface area contributed by atoms with Gasteiger partial charge in [-0.25, -0.2) is 0 Å². The Morgan fingerprint density at radius 3 is 1.26 bits per heavy atom. The smallest absolute Gasteiger partial charge is 1.00 e. The third-order valence-corrected chi connectivity index (χ3v) is 11.9. The molecule has 0 radical (unpaired) electrons. The van der Waals surface area contributed by atoms with Gasteiger partial charge in [0.25, 0.3) is 0 Å². The Morgan fingerprint density at radius 1 is 0.543 bits per heavy atom. The Kier molecular flexibility index (Phi) is 7.53. The molecule has 2 heterocycles. The van der Waals surface area contributed by atoms with Crippen molar-refractivity contribution in [2.75, 3.05) is 0 Å². The van der Waals surface area contributed by atoms with Crippen LogP contribution in [0.15, 0.2) is 73.3 Å². The zero-order chi connectivity index (χ0) is 22.7. The van der Waals surface area contributed by atoms with Gasteiger partial charge in [-0.05, 0) is 0 Å². The van der Waals surface area contributed by atoms with Gasteiger partial charge in [0.05, 0.1) is 0 Å². The first-order valence-electron chi connectivity index (χ1n) is 11.7. The molecule has 0 bridgehead atoms. The van der Waals surface area contributed by atoms with Crippen LogP contribution in [0.25, 0.3) is 23.5 Å². The predicted molar refractivity (Wildman–Crippen MR) is 135 cm³/mol. The van der Waals surface area contributed by atoms with Crippen LogP contribution in [0.2, 0.25) is 0 Å². The largest absolute Gasteiger partial charge is 1.00 e. The first-order valence-corrected chi connectivity index (χ1v) is 14.5. The second-order valence-electron chi connectivity index (χ2n) is 9.41. The van der Waals surface area contributed by atoms with Crippen LogP contribution in [0.3, 0.4) is 0 Å². The molecule has 2 aliphatic rings. The third-order valence-electron chi connectivity index (χ3n) is 7.34. The van der Waals surface area contributed by atoms with Crippen LogP contribution in [-0.4, -0.2) is 9.13 Å². The molecule has 2 aliphatic carbocycles. The van der Waals surface area contributed by atoms with E-state index in [-0.39, 0.29) is 24.8 Å². The molecule has 2 nitrogen and oxygen atoms in total. The van der Waals surface area contributed by atoms with Gasteiger partial charge in [-0.2, -0.15) is 0 Å². The molecule has 2 unspecified atom stereocenters. The fourth-order valence-corrected chi connectivity index (χ4v) is 11.1. The van der Waals surface area contributed by atoms with E-state index >= 15 is 0 Å². The number of rotatable bonds is 4. The summed E-state index contributed by atoms with van der Waals surface area (Å²) in [6.45, 7) is 9.13. The standard InChI is InChI=1S/2C15H14N.2ClH.Zr/c2*1-11-5-6-12(2)15-10-13(9-14(11)15)16-7-3-4-8-16;;;/h2*3-10H,1-2H3;2*1H;/q;;;;+2/p-2. The second kappa shape index (κ2) is 10.1. The minimum Gasteiger partial charge on any atom is -1.00 e. The second-order valence-corrected chi connectivity index (χ2v) is 13.1. The number of hydrogen-bond acceptors (Lipinski definition) is 0. The maximum absolute atomic E-state index is 2.47. The van der Waals surface area contributed by atoms with Crippen molar-refractivity contribution < 1.29 is 48.0 Å². The predicted octanol–water partition coefficient (Wildman–Crippen LogP) is 1.42. The van der Waals surface area contributed by atoms with E-state index in [1.165, 1.54) is 44.8 Å². The molecule has 35 heavy (non-hydrogen) atoms. The fourth-order valence-electron chi connectivity index (χ4n) is 5.58.